The first-order chi connectivity index (χ1) is 10.3. The molecule has 1 aliphatic heterocycles. The monoisotopic (exact) mass is 314 g/mol. The van der Waals surface area contributed by atoms with Gasteiger partial charge < -0.3 is 10.2 Å². The predicted molar refractivity (Wildman–Crippen MR) is 93.7 cm³/mol. The summed E-state index contributed by atoms with van der Waals surface area (Å²) in [6.45, 7) is 1.94. The Balaban J connectivity index is 1.52. The maximum atomic E-state index is 5.45. The summed E-state index contributed by atoms with van der Waals surface area (Å²) in [5.74, 6) is 1.05. The van der Waals surface area contributed by atoms with Crippen molar-refractivity contribution in [2.75, 3.05) is 18.8 Å². The SMILES string of the molecule is S=C1NC(c2ccccc2)CN1CCSc1ccccc1. The van der Waals surface area contributed by atoms with Gasteiger partial charge in [0, 0.05) is 23.7 Å². The van der Waals surface area contributed by atoms with E-state index in [1.165, 1.54) is 10.5 Å². The van der Waals surface area contributed by atoms with Gasteiger partial charge in [0.25, 0.3) is 0 Å². The highest BCUT2D eigenvalue weighted by atomic mass is 32.2. The first kappa shape index (κ1) is 14.4. The van der Waals surface area contributed by atoms with E-state index in [9.17, 15) is 0 Å². The fraction of sp³-hybridized carbons (Fsp3) is 0.235. The van der Waals surface area contributed by atoms with Crippen molar-refractivity contribution in [1.82, 2.24) is 10.2 Å². The highest BCUT2D eigenvalue weighted by Gasteiger charge is 2.26. The minimum atomic E-state index is 0.320. The van der Waals surface area contributed by atoms with E-state index in [4.69, 9.17) is 12.2 Å². The molecule has 21 heavy (non-hydrogen) atoms. The van der Waals surface area contributed by atoms with Crippen LogP contribution in [0.4, 0.5) is 0 Å². The number of rotatable bonds is 5. The van der Waals surface area contributed by atoms with Crippen LogP contribution in [-0.2, 0) is 0 Å². The summed E-state index contributed by atoms with van der Waals surface area (Å²) in [5.41, 5.74) is 1.30. The van der Waals surface area contributed by atoms with Crippen molar-refractivity contribution < 1.29 is 0 Å². The van der Waals surface area contributed by atoms with E-state index in [1.54, 1.807) is 0 Å². The van der Waals surface area contributed by atoms with Gasteiger partial charge in [-0.15, -0.1) is 11.8 Å². The normalized spacial score (nSPS) is 17.8. The van der Waals surface area contributed by atoms with Crippen LogP contribution in [0, 0.1) is 0 Å². The quantitative estimate of drug-likeness (QED) is 0.668. The van der Waals surface area contributed by atoms with Crippen LogP contribution in [0.2, 0.25) is 0 Å². The van der Waals surface area contributed by atoms with Crippen molar-refractivity contribution in [2.45, 2.75) is 10.9 Å². The molecule has 0 bridgehead atoms. The highest BCUT2D eigenvalue weighted by Crippen LogP contribution is 2.22. The molecule has 2 aromatic carbocycles. The lowest BCUT2D eigenvalue weighted by molar-refractivity contribution is 0.464. The molecule has 108 valence electrons. The van der Waals surface area contributed by atoms with Crippen LogP contribution in [0.3, 0.4) is 0 Å². The number of nitrogens with one attached hydrogen (secondary N) is 1. The van der Waals surface area contributed by atoms with Crippen molar-refractivity contribution in [3.63, 3.8) is 0 Å². The highest BCUT2D eigenvalue weighted by molar-refractivity contribution is 7.99. The summed E-state index contributed by atoms with van der Waals surface area (Å²) >= 11 is 7.33. The Morgan fingerprint density at radius 1 is 1.05 bits per heavy atom. The topological polar surface area (TPSA) is 15.3 Å². The van der Waals surface area contributed by atoms with Gasteiger partial charge >= 0.3 is 0 Å². The maximum absolute atomic E-state index is 5.45. The van der Waals surface area contributed by atoms with Gasteiger partial charge in [-0.25, -0.2) is 0 Å². The van der Waals surface area contributed by atoms with E-state index in [1.807, 2.05) is 23.9 Å². The van der Waals surface area contributed by atoms with E-state index >= 15 is 0 Å². The van der Waals surface area contributed by atoms with Crippen LogP contribution >= 0.6 is 24.0 Å². The van der Waals surface area contributed by atoms with E-state index in [-0.39, 0.29) is 0 Å². The third kappa shape index (κ3) is 3.77. The Hall–Kier alpha value is -1.52. The van der Waals surface area contributed by atoms with E-state index in [2.05, 4.69) is 58.7 Å². The maximum Gasteiger partial charge on any atom is 0.169 e. The smallest absolute Gasteiger partial charge is 0.169 e. The van der Waals surface area contributed by atoms with Gasteiger partial charge in [0.2, 0.25) is 0 Å². The molecule has 0 aromatic heterocycles. The Bertz CT molecular complexity index is 586. The molecule has 1 saturated heterocycles. The molecule has 1 atom stereocenters. The van der Waals surface area contributed by atoms with Crippen LogP contribution in [0.5, 0.6) is 0 Å². The largest absolute Gasteiger partial charge is 0.354 e. The first-order valence-electron chi connectivity index (χ1n) is 7.11. The Labute approximate surface area is 135 Å². The zero-order chi connectivity index (χ0) is 14.5. The summed E-state index contributed by atoms with van der Waals surface area (Å²) in [5, 5.41) is 4.29. The predicted octanol–water partition coefficient (Wildman–Crippen LogP) is 3.71. The molecule has 1 N–H and O–H groups in total. The molecule has 3 rings (SSSR count). The first-order valence-corrected chi connectivity index (χ1v) is 8.50. The zero-order valence-corrected chi connectivity index (χ0v) is 13.4. The van der Waals surface area contributed by atoms with Gasteiger partial charge in [0.1, 0.15) is 0 Å². The second-order valence-corrected chi connectivity index (χ2v) is 6.58. The van der Waals surface area contributed by atoms with Crippen molar-refractivity contribution in [3.05, 3.63) is 66.2 Å². The molecule has 0 aliphatic carbocycles. The van der Waals surface area contributed by atoms with Gasteiger partial charge in [-0.2, -0.15) is 0 Å². The van der Waals surface area contributed by atoms with Crippen LogP contribution in [0.15, 0.2) is 65.6 Å². The van der Waals surface area contributed by atoms with Gasteiger partial charge in [0.05, 0.1) is 6.04 Å². The Kier molecular flexibility index (Phi) is 4.78. The van der Waals surface area contributed by atoms with Crippen LogP contribution in [0.1, 0.15) is 11.6 Å². The second-order valence-electron chi connectivity index (χ2n) is 5.02. The zero-order valence-electron chi connectivity index (χ0n) is 11.7. The van der Waals surface area contributed by atoms with Gasteiger partial charge in [0.15, 0.2) is 5.11 Å². The molecule has 1 unspecified atom stereocenters. The second kappa shape index (κ2) is 6.96. The van der Waals surface area contributed by atoms with Crippen molar-refractivity contribution in [3.8, 4) is 0 Å². The van der Waals surface area contributed by atoms with Gasteiger partial charge in [-0.05, 0) is 29.9 Å². The Morgan fingerprint density at radius 3 is 2.43 bits per heavy atom. The summed E-state index contributed by atoms with van der Waals surface area (Å²) in [7, 11) is 0. The number of hydrogen-bond acceptors (Lipinski definition) is 2. The van der Waals surface area contributed by atoms with Crippen molar-refractivity contribution in [1.29, 1.82) is 0 Å². The van der Waals surface area contributed by atoms with Crippen LogP contribution in [0.25, 0.3) is 0 Å². The number of thioether (sulfide) groups is 1. The molecule has 1 heterocycles. The molecule has 0 spiro atoms. The minimum Gasteiger partial charge on any atom is -0.354 e. The molecule has 2 aromatic rings. The number of benzene rings is 2. The van der Waals surface area contributed by atoms with Crippen LogP contribution in [-0.4, -0.2) is 28.9 Å². The Morgan fingerprint density at radius 2 is 1.71 bits per heavy atom. The average molecular weight is 314 g/mol. The lowest BCUT2D eigenvalue weighted by atomic mass is 10.1. The average Bonchev–Trinajstić information content (AvgIpc) is 2.91. The summed E-state index contributed by atoms with van der Waals surface area (Å²) in [6.07, 6.45) is 0. The lowest BCUT2D eigenvalue weighted by Gasteiger charge is -2.16. The number of thiocarbonyl (C=S) groups is 1. The molecular formula is C17H18N2S2. The summed E-state index contributed by atoms with van der Waals surface area (Å²) in [4.78, 5) is 3.58. The fourth-order valence-electron chi connectivity index (χ4n) is 2.45. The lowest BCUT2D eigenvalue weighted by Crippen LogP contribution is -2.29. The number of nitrogens with zero attached hydrogens (tertiary/aromatic N) is 1. The van der Waals surface area contributed by atoms with E-state index in [0.717, 1.165) is 24.0 Å². The standard InChI is InChI=1S/C17H18N2S2/c20-17-18-16(14-7-3-1-4-8-14)13-19(17)11-12-21-15-9-5-2-6-10-15/h1-10,16H,11-13H2,(H,18,20). The minimum absolute atomic E-state index is 0.320. The fourth-order valence-corrected chi connectivity index (χ4v) is 3.65. The van der Waals surface area contributed by atoms with Gasteiger partial charge in [-0.1, -0.05) is 48.5 Å². The van der Waals surface area contributed by atoms with Gasteiger partial charge in [-0.3, -0.25) is 0 Å². The molecule has 4 heteroatoms. The number of hydrogen-bond donors (Lipinski definition) is 1. The molecular weight excluding hydrogens is 296 g/mol. The van der Waals surface area contributed by atoms with Crippen molar-refractivity contribution in [2.24, 2.45) is 0 Å². The molecule has 0 radical (unpaired) electrons. The third-order valence-corrected chi connectivity index (χ3v) is 4.93. The van der Waals surface area contributed by atoms with E-state index < -0.39 is 0 Å². The van der Waals surface area contributed by atoms with Crippen LogP contribution < -0.4 is 5.32 Å². The van der Waals surface area contributed by atoms with Crippen molar-refractivity contribution >= 4 is 29.1 Å². The van der Waals surface area contributed by atoms with E-state index in [0.29, 0.717) is 6.04 Å². The molecule has 0 saturated carbocycles. The molecule has 1 fully saturated rings. The summed E-state index contributed by atoms with van der Waals surface area (Å²) < 4.78 is 0. The summed E-state index contributed by atoms with van der Waals surface area (Å²) in [6, 6.07) is 21.3. The third-order valence-electron chi connectivity index (χ3n) is 3.56. The molecule has 1 aliphatic rings. The molecule has 2 nitrogen and oxygen atoms in total. The molecule has 0 amide bonds.